The van der Waals surface area contributed by atoms with Gasteiger partial charge in [0.05, 0.1) is 10.6 Å². The largest absolute Gasteiger partial charge is 0.508 e. The summed E-state index contributed by atoms with van der Waals surface area (Å²) in [6.45, 7) is 0. The number of phenols is 1. The molecule has 1 aliphatic rings. The van der Waals surface area contributed by atoms with Crippen molar-refractivity contribution in [2.75, 3.05) is 4.90 Å². The van der Waals surface area contributed by atoms with E-state index in [2.05, 4.69) is 0 Å². The highest BCUT2D eigenvalue weighted by molar-refractivity contribution is 8.27. The fourth-order valence-corrected chi connectivity index (χ4v) is 3.37. The molecular formula is C18H13NO2S2. The topological polar surface area (TPSA) is 40.5 Å². The minimum Gasteiger partial charge on any atom is -0.508 e. The van der Waals surface area contributed by atoms with Crippen molar-refractivity contribution in [2.45, 2.75) is 0 Å². The first-order valence-corrected chi connectivity index (χ1v) is 8.16. The molecule has 1 aliphatic heterocycles. The number of rotatable bonds is 3. The van der Waals surface area contributed by atoms with Crippen LogP contribution in [0, 0.1) is 0 Å². The van der Waals surface area contributed by atoms with Crippen molar-refractivity contribution in [1.82, 2.24) is 0 Å². The lowest BCUT2D eigenvalue weighted by Crippen LogP contribution is -2.27. The van der Waals surface area contributed by atoms with E-state index in [9.17, 15) is 9.90 Å². The average Bonchev–Trinajstić information content (AvgIpc) is 2.84. The van der Waals surface area contributed by atoms with Gasteiger partial charge in [0.2, 0.25) is 0 Å². The van der Waals surface area contributed by atoms with Crippen LogP contribution in [-0.2, 0) is 4.79 Å². The molecule has 1 saturated heterocycles. The number of nitrogens with zero attached hydrogens (tertiary/aromatic N) is 1. The number of hydrogen-bond donors (Lipinski definition) is 1. The number of anilines is 1. The summed E-state index contributed by atoms with van der Waals surface area (Å²) >= 11 is 6.57. The minimum absolute atomic E-state index is 0.150. The molecule has 1 amide bonds. The van der Waals surface area contributed by atoms with Gasteiger partial charge in [-0.15, -0.1) is 0 Å². The molecular weight excluding hydrogens is 326 g/mol. The Labute approximate surface area is 143 Å². The van der Waals surface area contributed by atoms with Crippen molar-refractivity contribution >= 4 is 46.0 Å². The quantitative estimate of drug-likeness (QED) is 0.666. The summed E-state index contributed by atoms with van der Waals surface area (Å²) in [7, 11) is 0. The molecule has 114 valence electrons. The Morgan fingerprint density at radius 3 is 2.43 bits per heavy atom. The molecule has 3 rings (SSSR count). The molecule has 0 aromatic heterocycles. The van der Waals surface area contributed by atoms with E-state index in [0.717, 1.165) is 5.56 Å². The van der Waals surface area contributed by atoms with Crippen LogP contribution in [0.2, 0.25) is 0 Å². The van der Waals surface area contributed by atoms with Crippen LogP contribution < -0.4 is 4.90 Å². The Hall–Kier alpha value is -2.37. The monoisotopic (exact) mass is 339 g/mol. The standard InChI is InChI=1S/C18H13NO2S2/c20-15-11-9-14(10-12-15)19-17(21)16(23-18(19)22)8-4-7-13-5-2-1-3-6-13/h1-12,20H. The van der Waals surface area contributed by atoms with Gasteiger partial charge in [-0.3, -0.25) is 9.69 Å². The first-order chi connectivity index (χ1) is 11.1. The smallest absolute Gasteiger partial charge is 0.270 e. The maximum absolute atomic E-state index is 12.5. The van der Waals surface area contributed by atoms with Gasteiger partial charge in [-0.05, 0) is 35.9 Å². The summed E-state index contributed by atoms with van der Waals surface area (Å²) in [5.41, 5.74) is 1.72. The first-order valence-electron chi connectivity index (χ1n) is 6.94. The second-order valence-corrected chi connectivity index (χ2v) is 6.50. The number of amides is 1. The van der Waals surface area contributed by atoms with Crippen molar-refractivity contribution in [3.63, 3.8) is 0 Å². The summed E-state index contributed by atoms with van der Waals surface area (Å²) < 4.78 is 0.486. The molecule has 0 bridgehead atoms. The minimum atomic E-state index is -0.150. The third kappa shape index (κ3) is 3.52. The summed E-state index contributed by atoms with van der Waals surface area (Å²) in [5, 5.41) is 9.35. The predicted molar refractivity (Wildman–Crippen MR) is 99.3 cm³/mol. The number of thiocarbonyl (C=S) groups is 1. The molecule has 0 spiro atoms. The van der Waals surface area contributed by atoms with E-state index in [-0.39, 0.29) is 11.7 Å². The lowest BCUT2D eigenvalue weighted by molar-refractivity contribution is -0.113. The summed E-state index contributed by atoms with van der Waals surface area (Å²) in [5.74, 6) is 0.00364. The fraction of sp³-hybridized carbons (Fsp3) is 0. The van der Waals surface area contributed by atoms with Crippen molar-refractivity contribution in [3.05, 3.63) is 77.2 Å². The Balaban J connectivity index is 1.79. The van der Waals surface area contributed by atoms with Crippen LogP contribution >= 0.6 is 24.0 Å². The molecule has 5 heteroatoms. The zero-order valence-corrected chi connectivity index (χ0v) is 13.7. The van der Waals surface area contributed by atoms with Crippen LogP contribution in [0.5, 0.6) is 5.75 Å². The second-order valence-electron chi connectivity index (χ2n) is 4.83. The Morgan fingerprint density at radius 1 is 1.04 bits per heavy atom. The van der Waals surface area contributed by atoms with Crippen molar-refractivity contribution < 1.29 is 9.90 Å². The molecule has 1 N–H and O–H groups in total. The van der Waals surface area contributed by atoms with Crippen LogP contribution in [0.25, 0.3) is 6.08 Å². The van der Waals surface area contributed by atoms with Crippen LogP contribution in [0.3, 0.4) is 0 Å². The summed E-state index contributed by atoms with van der Waals surface area (Å²) in [4.78, 5) is 14.5. The predicted octanol–water partition coefficient (Wildman–Crippen LogP) is 4.35. The maximum Gasteiger partial charge on any atom is 0.270 e. The summed E-state index contributed by atoms with van der Waals surface area (Å²) in [6.07, 6.45) is 5.55. The number of aromatic hydroxyl groups is 1. The van der Waals surface area contributed by atoms with Crippen molar-refractivity contribution in [1.29, 1.82) is 0 Å². The number of allylic oxidation sites excluding steroid dienone is 2. The number of thioether (sulfide) groups is 1. The highest BCUT2D eigenvalue weighted by Crippen LogP contribution is 2.35. The molecule has 1 fully saturated rings. The normalized spacial score (nSPS) is 16.7. The molecule has 0 atom stereocenters. The molecule has 3 nitrogen and oxygen atoms in total. The summed E-state index contributed by atoms with van der Waals surface area (Å²) in [6, 6.07) is 16.3. The van der Waals surface area contributed by atoms with Gasteiger partial charge in [0.1, 0.15) is 5.75 Å². The van der Waals surface area contributed by atoms with Gasteiger partial charge < -0.3 is 5.11 Å². The Kier molecular flexibility index (Phi) is 4.60. The van der Waals surface area contributed by atoms with Gasteiger partial charge in [0, 0.05) is 0 Å². The van der Waals surface area contributed by atoms with Gasteiger partial charge in [-0.1, -0.05) is 66.5 Å². The lowest BCUT2D eigenvalue weighted by atomic mass is 10.2. The molecule has 0 radical (unpaired) electrons. The highest BCUT2D eigenvalue weighted by Gasteiger charge is 2.32. The van der Waals surface area contributed by atoms with E-state index < -0.39 is 0 Å². The zero-order valence-electron chi connectivity index (χ0n) is 12.0. The zero-order chi connectivity index (χ0) is 16.2. The van der Waals surface area contributed by atoms with Gasteiger partial charge >= 0.3 is 0 Å². The van der Waals surface area contributed by atoms with Gasteiger partial charge in [0.15, 0.2) is 4.32 Å². The SMILES string of the molecule is O=C1C(=CC=Cc2ccccc2)SC(=S)N1c1ccc(O)cc1. The highest BCUT2D eigenvalue weighted by atomic mass is 32.2. The van der Waals surface area contributed by atoms with Gasteiger partial charge in [-0.25, -0.2) is 0 Å². The number of phenolic OH excluding ortho intramolecular Hbond substituents is 1. The van der Waals surface area contributed by atoms with Crippen LogP contribution in [0.1, 0.15) is 5.56 Å². The van der Waals surface area contributed by atoms with Crippen LogP contribution in [-0.4, -0.2) is 15.3 Å². The van der Waals surface area contributed by atoms with Gasteiger partial charge in [-0.2, -0.15) is 0 Å². The van der Waals surface area contributed by atoms with E-state index in [4.69, 9.17) is 12.2 Å². The first kappa shape index (κ1) is 15.5. The van der Waals surface area contributed by atoms with E-state index in [1.165, 1.54) is 28.8 Å². The van der Waals surface area contributed by atoms with E-state index in [1.54, 1.807) is 18.2 Å². The fourth-order valence-electron chi connectivity index (χ4n) is 2.12. The molecule has 0 unspecified atom stereocenters. The van der Waals surface area contributed by atoms with Crippen molar-refractivity contribution in [3.8, 4) is 5.75 Å². The molecule has 0 aliphatic carbocycles. The average molecular weight is 339 g/mol. The molecule has 2 aromatic rings. The number of hydrogen-bond acceptors (Lipinski definition) is 4. The third-order valence-electron chi connectivity index (χ3n) is 3.24. The van der Waals surface area contributed by atoms with Crippen LogP contribution in [0.15, 0.2) is 71.7 Å². The second kappa shape index (κ2) is 6.81. The van der Waals surface area contributed by atoms with Crippen molar-refractivity contribution in [2.24, 2.45) is 0 Å². The number of carbonyl (C=O) groups excluding carboxylic acids is 1. The Morgan fingerprint density at radius 2 is 1.74 bits per heavy atom. The lowest BCUT2D eigenvalue weighted by Gasteiger charge is -2.14. The van der Waals surface area contributed by atoms with E-state index in [1.807, 2.05) is 42.5 Å². The molecule has 23 heavy (non-hydrogen) atoms. The van der Waals surface area contributed by atoms with E-state index >= 15 is 0 Å². The Bertz CT molecular complexity index is 796. The van der Waals surface area contributed by atoms with Gasteiger partial charge in [0.25, 0.3) is 5.91 Å². The number of carbonyl (C=O) groups is 1. The molecule has 0 saturated carbocycles. The molecule has 2 aromatic carbocycles. The molecule has 1 heterocycles. The maximum atomic E-state index is 12.5. The van der Waals surface area contributed by atoms with E-state index in [0.29, 0.717) is 14.9 Å². The van der Waals surface area contributed by atoms with Crippen LogP contribution in [0.4, 0.5) is 5.69 Å². The number of benzene rings is 2. The third-order valence-corrected chi connectivity index (χ3v) is 4.56.